The summed E-state index contributed by atoms with van der Waals surface area (Å²) < 4.78 is 0. The zero-order valence-corrected chi connectivity index (χ0v) is 7.29. The third kappa shape index (κ3) is 1.15. The third-order valence-corrected chi connectivity index (χ3v) is 2.13. The molecule has 0 amide bonds. The molecule has 4 heteroatoms. The largest absolute Gasteiger partial charge is 0.324 e. The minimum absolute atomic E-state index is 0.108. The molecule has 0 aliphatic heterocycles. The summed E-state index contributed by atoms with van der Waals surface area (Å²) in [7, 11) is 0. The molecule has 1 unspecified atom stereocenters. The Morgan fingerprint density at radius 2 is 2.15 bits per heavy atom. The zero-order valence-electron chi connectivity index (χ0n) is 7.29. The average Bonchev–Trinajstić information content (AvgIpc) is 2.48. The maximum atomic E-state index is 11.4. The Morgan fingerprint density at radius 3 is 2.85 bits per heavy atom. The molecule has 1 aromatic heterocycles. The van der Waals surface area contributed by atoms with Crippen molar-refractivity contribution >= 4 is 10.9 Å². The van der Waals surface area contributed by atoms with Gasteiger partial charge < -0.3 is 5.73 Å². The number of nitrogens with one attached hydrogen (secondary N) is 2. The zero-order chi connectivity index (χ0) is 9.42. The predicted molar refractivity (Wildman–Crippen MR) is 51.5 cm³/mol. The lowest BCUT2D eigenvalue weighted by atomic mass is 10.1. The van der Waals surface area contributed by atoms with E-state index in [1.807, 2.05) is 25.1 Å². The molecule has 1 heterocycles. The molecule has 0 fully saturated rings. The number of fused-ring (bicyclic) bond motifs is 1. The summed E-state index contributed by atoms with van der Waals surface area (Å²) in [5.74, 6) is 0. The van der Waals surface area contributed by atoms with Crippen LogP contribution >= 0.6 is 0 Å². The molecular formula is C9H11N3O. The number of H-pyrrole nitrogens is 2. The molecule has 0 saturated carbocycles. The molecule has 1 aromatic carbocycles. The van der Waals surface area contributed by atoms with Crippen molar-refractivity contribution < 1.29 is 0 Å². The SMILES string of the molecule is CC(N)c1cccc2[nH][nH]c(=O)c12. The van der Waals surface area contributed by atoms with Gasteiger partial charge in [-0.3, -0.25) is 15.0 Å². The first-order valence-corrected chi connectivity index (χ1v) is 4.15. The van der Waals surface area contributed by atoms with Gasteiger partial charge in [-0.2, -0.15) is 0 Å². The second-order valence-corrected chi connectivity index (χ2v) is 3.14. The van der Waals surface area contributed by atoms with Crippen LogP contribution in [0.2, 0.25) is 0 Å². The first kappa shape index (κ1) is 8.07. The van der Waals surface area contributed by atoms with E-state index in [1.165, 1.54) is 0 Å². The Hall–Kier alpha value is -1.55. The van der Waals surface area contributed by atoms with Crippen molar-refractivity contribution in [1.29, 1.82) is 0 Å². The van der Waals surface area contributed by atoms with E-state index in [9.17, 15) is 4.79 Å². The second kappa shape index (κ2) is 2.74. The van der Waals surface area contributed by atoms with Crippen molar-refractivity contribution in [2.45, 2.75) is 13.0 Å². The number of benzene rings is 1. The van der Waals surface area contributed by atoms with Gasteiger partial charge in [0.2, 0.25) is 0 Å². The quantitative estimate of drug-likeness (QED) is 0.604. The van der Waals surface area contributed by atoms with E-state index < -0.39 is 0 Å². The number of nitrogens with two attached hydrogens (primary N) is 1. The van der Waals surface area contributed by atoms with Crippen molar-refractivity contribution in [2.75, 3.05) is 0 Å². The number of hydrogen-bond acceptors (Lipinski definition) is 2. The summed E-state index contributed by atoms with van der Waals surface area (Å²) in [6.45, 7) is 1.86. The molecule has 0 saturated heterocycles. The molecule has 4 N–H and O–H groups in total. The van der Waals surface area contributed by atoms with Crippen LogP contribution < -0.4 is 11.3 Å². The van der Waals surface area contributed by atoms with Crippen molar-refractivity contribution in [3.05, 3.63) is 34.1 Å². The lowest BCUT2D eigenvalue weighted by Gasteiger charge is -2.04. The third-order valence-electron chi connectivity index (χ3n) is 2.13. The number of aromatic nitrogens is 2. The van der Waals surface area contributed by atoms with Gasteiger partial charge in [0.1, 0.15) is 0 Å². The maximum Gasteiger partial charge on any atom is 0.272 e. The summed E-state index contributed by atoms with van der Waals surface area (Å²) in [6.07, 6.45) is 0. The normalized spacial score (nSPS) is 13.4. The summed E-state index contributed by atoms with van der Waals surface area (Å²) >= 11 is 0. The smallest absolute Gasteiger partial charge is 0.272 e. The molecule has 0 radical (unpaired) electrons. The van der Waals surface area contributed by atoms with Gasteiger partial charge in [-0.1, -0.05) is 12.1 Å². The molecule has 2 aromatic rings. The Labute approximate surface area is 74.7 Å². The summed E-state index contributed by atoms with van der Waals surface area (Å²) in [4.78, 5) is 11.4. The van der Waals surface area contributed by atoms with Crippen molar-refractivity contribution in [2.24, 2.45) is 5.73 Å². The van der Waals surface area contributed by atoms with Gasteiger partial charge in [0.15, 0.2) is 0 Å². The second-order valence-electron chi connectivity index (χ2n) is 3.14. The van der Waals surface area contributed by atoms with E-state index in [4.69, 9.17) is 5.73 Å². The van der Waals surface area contributed by atoms with Crippen molar-refractivity contribution in [1.82, 2.24) is 10.2 Å². The van der Waals surface area contributed by atoms with Crippen molar-refractivity contribution in [3.8, 4) is 0 Å². The summed E-state index contributed by atoms with van der Waals surface area (Å²) in [5, 5.41) is 5.99. The van der Waals surface area contributed by atoms with E-state index >= 15 is 0 Å². The Kier molecular flexibility index (Phi) is 1.70. The Morgan fingerprint density at radius 1 is 1.38 bits per heavy atom. The van der Waals surface area contributed by atoms with Gasteiger partial charge in [-0.15, -0.1) is 0 Å². The van der Waals surface area contributed by atoms with Crippen LogP contribution in [0.5, 0.6) is 0 Å². The molecular weight excluding hydrogens is 166 g/mol. The predicted octanol–water partition coefficient (Wildman–Crippen LogP) is 0.876. The molecule has 4 nitrogen and oxygen atoms in total. The monoisotopic (exact) mass is 177 g/mol. The highest BCUT2D eigenvalue weighted by Crippen LogP contribution is 2.17. The maximum absolute atomic E-state index is 11.4. The van der Waals surface area contributed by atoms with Crippen molar-refractivity contribution in [3.63, 3.8) is 0 Å². The van der Waals surface area contributed by atoms with Gasteiger partial charge in [0, 0.05) is 6.04 Å². The highest BCUT2D eigenvalue weighted by atomic mass is 16.1. The van der Waals surface area contributed by atoms with Gasteiger partial charge in [-0.05, 0) is 18.6 Å². The van der Waals surface area contributed by atoms with E-state index in [0.717, 1.165) is 11.1 Å². The van der Waals surface area contributed by atoms with Gasteiger partial charge in [0.25, 0.3) is 5.56 Å². The molecule has 2 rings (SSSR count). The first-order valence-electron chi connectivity index (χ1n) is 4.15. The van der Waals surface area contributed by atoms with E-state index in [-0.39, 0.29) is 11.6 Å². The molecule has 13 heavy (non-hydrogen) atoms. The van der Waals surface area contributed by atoms with E-state index in [0.29, 0.717) is 5.39 Å². The van der Waals surface area contributed by atoms with E-state index in [2.05, 4.69) is 10.2 Å². The highest BCUT2D eigenvalue weighted by molar-refractivity contribution is 5.81. The molecule has 0 aliphatic carbocycles. The standard InChI is InChI=1S/C9H11N3O/c1-5(10)6-3-2-4-7-8(6)9(13)12-11-7/h2-5H,10H2,1H3,(H2,11,12,13). The van der Waals surface area contributed by atoms with Crippen LogP contribution in [0.1, 0.15) is 18.5 Å². The molecule has 0 bridgehead atoms. The average molecular weight is 177 g/mol. The van der Waals surface area contributed by atoms with Gasteiger partial charge in [-0.25, -0.2) is 0 Å². The lowest BCUT2D eigenvalue weighted by Crippen LogP contribution is -2.09. The molecule has 0 aliphatic rings. The number of hydrogen-bond donors (Lipinski definition) is 3. The van der Waals surface area contributed by atoms with Gasteiger partial charge in [0.05, 0.1) is 10.9 Å². The number of aromatic amines is 2. The van der Waals surface area contributed by atoms with E-state index in [1.54, 1.807) is 0 Å². The fourth-order valence-electron chi connectivity index (χ4n) is 1.49. The molecule has 0 spiro atoms. The molecule has 68 valence electrons. The lowest BCUT2D eigenvalue weighted by molar-refractivity contribution is 0.826. The summed E-state index contributed by atoms with van der Waals surface area (Å²) in [5.41, 5.74) is 7.31. The summed E-state index contributed by atoms with van der Waals surface area (Å²) in [6, 6.07) is 5.47. The van der Waals surface area contributed by atoms with Crippen LogP contribution in [0.25, 0.3) is 10.9 Å². The van der Waals surface area contributed by atoms with Crippen LogP contribution in [0.3, 0.4) is 0 Å². The van der Waals surface area contributed by atoms with Crippen LogP contribution in [0.15, 0.2) is 23.0 Å². The van der Waals surface area contributed by atoms with Crippen LogP contribution in [0.4, 0.5) is 0 Å². The molecule has 1 atom stereocenters. The minimum atomic E-state index is -0.124. The van der Waals surface area contributed by atoms with Gasteiger partial charge >= 0.3 is 0 Å². The van der Waals surface area contributed by atoms with Crippen LogP contribution in [-0.4, -0.2) is 10.2 Å². The Bertz CT molecular complexity index is 481. The Balaban J connectivity index is 2.88. The topological polar surface area (TPSA) is 74.7 Å². The van der Waals surface area contributed by atoms with Crippen LogP contribution in [0, 0.1) is 0 Å². The fourth-order valence-corrected chi connectivity index (χ4v) is 1.49. The van der Waals surface area contributed by atoms with Crippen LogP contribution in [-0.2, 0) is 0 Å². The number of rotatable bonds is 1. The highest BCUT2D eigenvalue weighted by Gasteiger charge is 2.08. The fraction of sp³-hybridized carbons (Fsp3) is 0.222. The first-order chi connectivity index (χ1) is 6.20. The minimum Gasteiger partial charge on any atom is -0.324 e.